The highest BCUT2D eigenvalue weighted by Crippen LogP contribution is 2.30. The molecule has 1 saturated heterocycles. The predicted molar refractivity (Wildman–Crippen MR) is 73.9 cm³/mol. The fourth-order valence-electron chi connectivity index (χ4n) is 2.32. The van der Waals surface area contributed by atoms with Crippen molar-refractivity contribution in [1.82, 2.24) is 0 Å². The van der Waals surface area contributed by atoms with Crippen molar-refractivity contribution in [3.63, 3.8) is 0 Å². The second-order valence-corrected chi connectivity index (χ2v) is 7.23. The molecule has 1 aromatic carbocycles. The minimum atomic E-state index is -3.04. The summed E-state index contributed by atoms with van der Waals surface area (Å²) in [4.78, 5) is 13.1. The van der Waals surface area contributed by atoms with E-state index >= 15 is 0 Å². The molecule has 1 aliphatic rings. The van der Waals surface area contributed by atoms with E-state index in [2.05, 4.69) is 0 Å². The average molecular weight is 304 g/mol. The van der Waals surface area contributed by atoms with Crippen LogP contribution in [0.15, 0.2) is 18.2 Å². The Morgan fingerprint density at radius 3 is 2.74 bits per heavy atom. The number of halogens is 1. The van der Waals surface area contributed by atoms with Gasteiger partial charge in [-0.3, -0.25) is 0 Å². The number of sulfone groups is 1. The monoisotopic (exact) mass is 303 g/mol. The summed E-state index contributed by atoms with van der Waals surface area (Å²) in [5.74, 6) is -1.05. The van der Waals surface area contributed by atoms with Crippen molar-refractivity contribution in [2.45, 2.75) is 13.0 Å². The van der Waals surface area contributed by atoms with Gasteiger partial charge in [0.1, 0.15) is 5.56 Å². The van der Waals surface area contributed by atoms with Crippen LogP contribution in [0.1, 0.15) is 17.3 Å². The molecule has 1 heterocycles. The molecule has 1 aliphatic heterocycles. The van der Waals surface area contributed by atoms with E-state index in [1.807, 2.05) is 0 Å². The van der Waals surface area contributed by atoms with E-state index in [1.165, 1.54) is 6.07 Å². The van der Waals surface area contributed by atoms with Gasteiger partial charge in [0, 0.05) is 12.6 Å². The van der Waals surface area contributed by atoms with E-state index in [0.717, 1.165) is 0 Å². The number of nitrogens with zero attached hydrogens (tertiary/aromatic N) is 1. The van der Waals surface area contributed by atoms with Crippen LogP contribution in [0.2, 0.25) is 5.02 Å². The van der Waals surface area contributed by atoms with E-state index in [9.17, 15) is 18.3 Å². The summed E-state index contributed by atoms with van der Waals surface area (Å²) in [6.07, 6.45) is 0. The highest BCUT2D eigenvalue weighted by molar-refractivity contribution is 7.91. The van der Waals surface area contributed by atoms with Crippen LogP contribution in [0.4, 0.5) is 5.69 Å². The SMILES string of the molecule is CC1CS(=O)(=O)CCN1c1cccc(Cl)c1C(=O)O. The van der Waals surface area contributed by atoms with Gasteiger partial charge in [-0.1, -0.05) is 17.7 Å². The van der Waals surface area contributed by atoms with Crippen LogP contribution in [-0.4, -0.2) is 43.6 Å². The lowest BCUT2D eigenvalue weighted by Crippen LogP contribution is -2.47. The van der Waals surface area contributed by atoms with Gasteiger partial charge in [-0.15, -0.1) is 0 Å². The summed E-state index contributed by atoms with van der Waals surface area (Å²) < 4.78 is 23.1. The van der Waals surface area contributed by atoms with Gasteiger partial charge < -0.3 is 10.0 Å². The maximum atomic E-state index is 11.6. The molecule has 0 aliphatic carbocycles. The summed E-state index contributed by atoms with van der Waals surface area (Å²) in [6.45, 7) is 2.05. The predicted octanol–water partition coefficient (Wildman–Crippen LogP) is 1.66. The van der Waals surface area contributed by atoms with Crippen molar-refractivity contribution in [2.24, 2.45) is 0 Å². The van der Waals surface area contributed by atoms with E-state index in [0.29, 0.717) is 5.69 Å². The Bertz CT molecular complexity index is 614. The average Bonchev–Trinajstić information content (AvgIpc) is 2.26. The standard InChI is InChI=1S/C12H14ClNO4S/c1-8-7-19(17,18)6-5-14(8)10-4-2-3-9(13)11(10)12(15)16/h2-4,8H,5-7H2,1H3,(H,15,16). The number of carboxylic acids is 1. The third kappa shape index (κ3) is 2.84. The molecule has 2 rings (SSSR count). The van der Waals surface area contributed by atoms with Crippen LogP contribution in [0, 0.1) is 0 Å². The quantitative estimate of drug-likeness (QED) is 0.899. The molecule has 1 N–H and O–H groups in total. The number of anilines is 1. The van der Waals surface area contributed by atoms with Crippen LogP contribution in [-0.2, 0) is 9.84 Å². The van der Waals surface area contributed by atoms with Crippen LogP contribution < -0.4 is 4.90 Å². The summed E-state index contributed by atoms with van der Waals surface area (Å²) in [7, 11) is -3.04. The maximum Gasteiger partial charge on any atom is 0.339 e. The Labute approximate surface area is 116 Å². The van der Waals surface area contributed by atoms with Gasteiger partial charge in [0.2, 0.25) is 0 Å². The second-order valence-electron chi connectivity index (χ2n) is 4.60. The van der Waals surface area contributed by atoms with Gasteiger partial charge in [-0.05, 0) is 19.1 Å². The number of carbonyl (C=O) groups is 1. The third-order valence-corrected chi connectivity index (χ3v) is 5.30. The normalized spacial score (nSPS) is 22.2. The zero-order valence-corrected chi connectivity index (χ0v) is 11.9. The van der Waals surface area contributed by atoms with E-state index in [-0.39, 0.29) is 34.7 Å². The maximum absolute atomic E-state index is 11.6. The summed E-state index contributed by atoms with van der Waals surface area (Å²) in [5.41, 5.74) is 0.498. The molecule has 0 aromatic heterocycles. The summed E-state index contributed by atoms with van der Waals surface area (Å²) in [6, 6.07) is 4.57. The molecule has 0 spiro atoms. The smallest absolute Gasteiger partial charge is 0.339 e. The van der Waals surface area contributed by atoms with Crippen molar-refractivity contribution in [1.29, 1.82) is 0 Å². The number of rotatable bonds is 2. The van der Waals surface area contributed by atoms with Crippen LogP contribution in [0.5, 0.6) is 0 Å². The number of carboxylic acid groups (broad SMARTS) is 1. The Hall–Kier alpha value is -1.27. The first-order chi connectivity index (χ1) is 8.82. The Morgan fingerprint density at radius 2 is 2.16 bits per heavy atom. The lowest BCUT2D eigenvalue weighted by molar-refractivity contribution is 0.0697. The van der Waals surface area contributed by atoms with Gasteiger partial charge in [-0.2, -0.15) is 0 Å². The minimum Gasteiger partial charge on any atom is -0.478 e. The van der Waals surface area contributed by atoms with Gasteiger partial charge in [0.05, 0.1) is 22.2 Å². The Morgan fingerprint density at radius 1 is 1.47 bits per heavy atom. The summed E-state index contributed by atoms with van der Waals surface area (Å²) in [5, 5.41) is 9.39. The highest BCUT2D eigenvalue weighted by Gasteiger charge is 2.30. The van der Waals surface area contributed by atoms with Crippen LogP contribution >= 0.6 is 11.6 Å². The molecule has 0 bridgehead atoms. The first kappa shape index (κ1) is 14.1. The molecule has 1 fully saturated rings. The second kappa shape index (κ2) is 5.02. The lowest BCUT2D eigenvalue weighted by atomic mass is 10.1. The Kier molecular flexibility index (Phi) is 3.73. The summed E-state index contributed by atoms with van der Waals surface area (Å²) >= 11 is 5.92. The van der Waals surface area contributed by atoms with Crippen molar-refractivity contribution in [2.75, 3.05) is 23.0 Å². The van der Waals surface area contributed by atoms with E-state index < -0.39 is 15.8 Å². The molecule has 5 nitrogen and oxygen atoms in total. The number of hydrogen-bond donors (Lipinski definition) is 1. The molecule has 7 heteroatoms. The fourth-order valence-corrected chi connectivity index (χ4v) is 4.13. The Balaban J connectivity index is 2.43. The molecule has 1 unspecified atom stereocenters. The molecular formula is C12H14ClNO4S. The van der Waals surface area contributed by atoms with Gasteiger partial charge in [-0.25, -0.2) is 13.2 Å². The molecule has 0 saturated carbocycles. The fraction of sp³-hybridized carbons (Fsp3) is 0.417. The van der Waals surface area contributed by atoms with E-state index in [1.54, 1.807) is 24.0 Å². The first-order valence-electron chi connectivity index (χ1n) is 5.81. The number of hydrogen-bond acceptors (Lipinski definition) is 4. The van der Waals surface area contributed by atoms with Gasteiger partial charge in [0.15, 0.2) is 9.84 Å². The lowest BCUT2D eigenvalue weighted by Gasteiger charge is -2.36. The third-order valence-electron chi connectivity index (χ3n) is 3.19. The number of aromatic carboxylic acids is 1. The zero-order chi connectivity index (χ0) is 14.2. The van der Waals surface area contributed by atoms with Crippen molar-refractivity contribution in [3.8, 4) is 0 Å². The van der Waals surface area contributed by atoms with Crippen molar-refractivity contribution < 1.29 is 18.3 Å². The molecule has 19 heavy (non-hydrogen) atoms. The minimum absolute atomic E-state index is 0.0234. The highest BCUT2D eigenvalue weighted by atomic mass is 35.5. The molecular weight excluding hydrogens is 290 g/mol. The molecule has 1 atom stereocenters. The molecule has 0 radical (unpaired) electrons. The van der Waals surface area contributed by atoms with E-state index in [4.69, 9.17) is 11.6 Å². The van der Waals surface area contributed by atoms with Gasteiger partial charge in [0.25, 0.3) is 0 Å². The topological polar surface area (TPSA) is 74.7 Å². The first-order valence-corrected chi connectivity index (χ1v) is 8.00. The van der Waals surface area contributed by atoms with Crippen LogP contribution in [0.3, 0.4) is 0 Å². The van der Waals surface area contributed by atoms with Gasteiger partial charge >= 0.3 is 5.97 Å². The molecule has 1 aromatic rings. The number of benzene rings is 1. The largest absolute Gasteiger partial charge is 0.478 e. The van der Waals surface area contributed by atoms with Crippen molar-refractivity contribution >= 4 is 33.1 Å². The van der Waals surface area contributed by atoms with Crippen LogP contribution in [0.25, 0.3) is 0 Å². The molecule has 104 valence electrons. The zero-order valence-electron chi connectivity index (χ0n) is 10.3. The van der Waals surface area contributed by atoms with Crippen molar-refractivity contribution in [3.05, 3.63) is 28.8 Å². The molecule has 0 amide bonds.